The van der Waals surface area contributed by atoms with E-state index in [2.05, 4.69) is 20.9 Å². The number of likely N-dealkylation sites (N-methyl/N-ethyl adjacent to an activating group) is 1. The highest BCUT2D eigenvalue weighted by Crippen LogP contribution is 2.35. The number of nitrogens with zero attached hydrogens (tertiary/aromatic N) is 3. The van der Waals surface area contributed by atoms with Gasteiger partial charge in [0.15, 0.2) is 0 Å². The smallest absolute Gasteiger partial charge is 0.107 e. The molecule has 0 aliphatic carbocycles. The van der Waals surface area contributed by atoms with Crippen LogP contribution in [0.3, 0.4) is 0 Å². The molecule has 1 aromatic carbocycles. The Morgan fingerprint density at radius 3 is 2.65 bits per heavy atom. The molecule has 2 heterocycles. The second-order valence-electron chi connectivity index (χ2n) is 6.62. The summed E-state index contributed by atoms with van der Waals surface area (Å²) in [6.07, 6.45) is 4.46. The third-order valence-electron chi connectivity index (χ3n) is 4.82. The van der Waals surface area contributed by atoms with Gasteiger partial charge in [0.25, 0.3) is 0 Å². The SMILES string of the molecule is CN(C)C1CN(Cc2cccnc2)CCC1(O)c1ccccc1. The van der Waals surface area contributed by atoms with E-state index in [0.29, 0.717) is 0 Å². The van der Waals surface area contributed by atoms with Gasteiger partial charge in [0.05, 0.1) is 6.04 Å². The van der Waals surface area contributed by atoms with Gasteiger partial charge in [0.2, 0.25) is 0 Å². The van der Waals surface area contributed by atoms with Crippen molar-refractivity contribution >= 4 is 0 Å². The lowest BCUT2D eigenvalue weighted by atomic mass is 9.79. The lowest BCUT2D eigenvalue weighted by molar-refractivity contribution is -0.0893. The molecule has 1 N–H and O–H groups in total. The number of rotatable bonds is 4. The number of aliphatic hydroxyl groups is 1. The van der Waals surface area contributed by atoms with Crippen LogP contribution in [0, 0.1) is 0 Å². The van der Waals surface area contributed by atoms with E-state index in [0.717, 1.165) is 31.6 Å². The lowest BCUT2D eigenvalue weighted by Crippen LogP contribution is -2.58. The van der Waals surface area contributed by atoms with Crippen LogP contribution < -0.4 is 0 Å². The van der Waals surface area contributed by atoms with Crippen LogP contribution in [-0.4, -0.2) is 53.1 Å². The van der Waals surface area contributed by atoms with E-state index < -0.39 is 5.60 Å². The Morgan fingerprint density at radius 1 is 1.22 bits per heavy atom. The quantitative estimate of drug-likeness (QED) is 0.939. The Morgan fingerprint density at radius 2 is 2.00 bits per heavy atom. The van der Waals surface area contributed by atoms with E-state index in [1.165, 1.54) is 5.56 Å². The minimum Gasteiger partial charge on any atom is -0.383 e. The molecular weight excluding hydrogens is 286 g/mol. The standard InChI is InChI=1S/C19H25N3O/c1-21(2)18-15-22(14-16-7-6-11-20-13-16)12-10-19(18,23)17-8-4-3-5-9-17/h3-9,11,13,18,23H,10,12,14-15H2,1-2H3. The third kappa shape index (κ3) is 3.44. The number of likely N-dealkylation sites (tertiary alicyclic amines) is 1. The third-order valence-corrected chi connectivity index (χ3v) is 4.82. The number of piperidine rings is 1. The van der Waals surface area contributed by atoms with E-state index in [4.69, 9.17) is 0 Å². The topological polar surface area (TPSA) is 39.6 Å². The van der Waals surface area contributed by atoms with Crippen LogP contribution in [0.4, 0.5) is 0 Å². The predicted octanol–water partition coefficient (Wildman–Crippen LogP) is 2.11. The molecule has 2 aromatic rings. The number of benzene rings is 1. The van der Waals surface area contributed by atoms with Crippen molar-refractivity contribution in [3.05, 3.63) is 66.0 Å². The fraction of sp³-hybridized carbons (Fsp3) is 0.421. The van der Waals surface area contributed by atoms with Crippen LogP contribution in [0.2, 0.25) is 0 Å². The zero-order valence-corrected chi connectivity index (χ0v) is 13.9. The summed E-state index contributed by atoms with van der Waals surface area (Å²) in [7, 11) is 4.10. The minimum atomic E-state index is -0.795. The summed E-state index contributed by atoms with van der Waals surface area (Å²) < 4.78 is 0. The number of hydrogen-bond acceptors (Lipinski definition) is 4. The maximum atomic E-state index is 11.4. The number of aromatic nitrogens is 1. The van der Waals surface area contributed by atoms with Crippen molar-refractivity contribution in [2.75, 3.05) is 27.2 Å². The molecule has 23 heavy (non-hydrogen) atoms. The normalized spacial score (nSPS) is 25.7. The summed E-state index contributed by atoms with van der Waals surface area (Å²) in [6.45, 7) is 2.60. The molecule has 4 nitrogen and oxygen atoms in total. The van der Waals surface area contributed by atoms with Crippen LogP contribution in [-0.2, 0) is 12.1 Å². The van der Waals surface area contributed by atoms with Crippen LogP contribution >= 0.6 is 0 Å². The summed E-state index contributed by atoms with van der Waals surface area (Å²) in [5.41, 5.74) is 1.44. The van der Waals surface area contributed by atoms with Gasteiger partial charge in [-0.2, -0.15) is 0 Å². The highest BCUT2D eigenvalue weighted by atomic mass is 16.3. The summed E-state index contributed by atoms with van der Waals surface area (Å²) in [6, 6.07) is 14.2. The Hall–Kier alpha value is -1.75. The Balaban J connectivity index is 1.79. The first-order valence-electron chi connectivity index (χ1n) is 8.15. The maximum absolute atomic E-state index is 11.4. The van der Waals surface area contributed by atoms with Crippen LogP contribution in [0.5, 0.6) is 0 Å². The molecule has 2 atom stereocenters. The second-order valence-corrected chi connectivity index (χ2v) is 6.62. The van der Waals surface area contributed by atoms with Gasteiger partial charge in [-0.1, -0.05) is 36.4 Å². The van der Waals surface area contributed by atoms with Crippen molar-refractivity contribution in [1.29, 1.82) is 0 Å². The molecule has 1 fully saturated rings. The van der Waals surface area contributed by atoms with Crippen LogP contribution in [0.1, 0.15) is 17.5 Å². The van der Waals surface area contributed by atoms with Gasteiger partial charge in [-0.3, -0.25) is 9.88 Å². The summed E-state index contributed by atoms with van der Waals surface area (Å²) in [4.78, 5) is 8.74. The molecule has 0 radical (unpaired) electrons. The van der Waals surface area contributed by atoms with E-state index in [1.807, 2.05) is 56.7 Å². The monoisotopic (exact) mass is 311 g/mol. The highest BCUT2D eigenvalue weighted by molar-refractivity contribution is 5.26. The minimum absolute atomic E-state index is 0.0651. The van der Waals surface area contributed by atoms with Crippen molar-refractivity contribution < 1.29 is 5.11 Å². The highest BCUT2D eigenvalue weighted by Gasteiger charge is 2.43. The van der Waals surface area contributed by atoms with Crippen molar-refractivity contribution in [1.82, 2.24) is 14.8 Å². The fourth-order valence-electron chi connectivity index (χ4n) is 3.53. The predicted molar refractivity (Wildman–Crippen MR) is 91.9 cm³/mol. The molecule has 2 unspecified atom stereocenters. The molecule has 1 saturated heterocycles. The van der Waals surface area contributed by atoms with E-state index in [-0.39, 0.29) is 6.04 Å². The van der Waals surface area contributed by atoms with Gasteiger partial charge in [0, 0.05) is 32.0 Å². The molecule has 1 aliphatic rings. The first kappa shape index (κ1) is 16.1. The van der Waals surface area contributed by atoms with E-state index in [1.54, 1.807) is 6.20 Å². The molecular formula is C19H25N3O. The summed E-state index contributed by atoms with van der Waals surface area (Å²) >= 11 is 0. The van der Waals surface area contributed by atoms with Gasteiger partial charge in [-0.05, 0) is 37.7 Å². The number of pyridine rings is 1. The first-order valence-corrected chi connectivity index (χ1v) is 8.15. The van der Waals surface area contributed by atoms with E-state index >= 15 is 0 Å². The molecule has 0 saturated carbocycles. The van der Waals surface area contributed by atoms with Gasteiger partial charge in [-0.15, -0.1) is 0 Å². The average molecular weight is 311 g/mol. The molecule has 0 bridgehead atoms. The largest absolute Gasteiger partial charge is 0.383 e. The molecule has 3 rings (SSSR count). The molecule has 122 valence electrons. The summed E-state index contributed by atoms with van der Waals surface area (Å²) in [5, 5.41) is 11.4. The van der Waals surface area contributed by atoms with Gasteiger partial charge in [-0.25, -0.2) is 0 Å². The zero-order valence-electron chi connectivity index (χ0n) is 13.9. The maximum Gasteiger partial charge on any atom is 0.107 e. The van der Waals surface area contributed by atoms with Gasteiger partial charge < -0.3 is 10.0 Å². The van der Waals surface area contributed by atoms with Crippen molar-refractivity contribution in [2.45, 2.75) is 24.6 Å². The van der Waals surface area contributed by atoms with Crippen molar-refractivity contribution in [3.8, 4) is 0 Å². The number of hydrogen-bond donors (Lipinski definition) is 1. The van der Waals surface area contributed by atoms with Crippen LogP contribution in [0.25, 0.3) is 0 Å². The van der Waals surface area contributed by atoms with Gasteiger partial charge in [0.1, 0.15) is 5.60 Å². The van der Waals surface area contributed by atoms with Gasteiger partial charge >= 0.3 is 0 Å². The zero-order chi connectivity index (χ0) is 16.3. The molecule has 4 heteroatoms. The summed E-state index contributed by atoms with van der Waals surface area (Å²) in [5.74, 6) is 0. The van der Waals surface area contributed by atoms with E-state index in [9.17, 15) is 5.11 Å². The molecule has 0 spiro atoms. The average Bonchev–Trinajstić information content (AvgIpc) is 2.58. The molecule has 1 aliphatic heterocycles. The van der Waals surface area contributed by atoms with Crippen molar-refractivity contribution in [3.63, 3.8) is 0 Å². The van der Waals surface area contributed by atoms with Crippen LogP contribution in [0.15, 0.2) is 54.9 Å². The Bertz CT molecular complexity index is 617. The Kier molecular flexibility index (Phi) is 4.76. The van der Waals surface area contributed by atoms with Crippen molar-refractivity contribution in [2.24, 2.45) is 0 Å². The Labute approximate surface area is 138 Å². The lowest BCUT2D eigenvalue weighted by Gasteiger charge is -2.47. The molecule has 0 amide bonds. The fourth-order valence-corrected chi connectivity index (χ4v) is 3.53. The second kappa shape index (κ2) is 6.79. The molecule has 1 aromatic heterocycles. The first-order chi connectivity index (χ1) is 11.1.